The predicted octanol–water partition coefficient (Wildman–Crippen LogP) is -0.0579. The quantitative estimate of drug-likeness (QED) is 0.0825. The van der Waals surface area contributed by atoms with Crippen molar-refractivity contribution in [3.05, 3.63) is 65.0 Å². The molecule has 1 amide bonds. The largest absolute Gasteiger partial charge is 0.459 e. The van der Waals surface area contributed by atoms with Crippen LogP contribution >= 0.6 is 0 Å². The van der Waals surface area contributed by atoms with E-state index in [1.54, 1.807) is 24.3 Å². The van der Waals surface area contributed by atoms with Crippen molar-refractivity contribution in [1.82, 2.24) is 5.32 Å². The van der Waals surface area contributed by atoms with Gasteiger partial charge >= 0.3 is 0 Å². The van der Waals surface area contributed by atoms with Crippen molar-refractivity contribution in [2.75, 3.05) is 12.5 Å². The van der Waals surface area contributed by atoms with Crippen LogP contribution in [0.15, 0.2) is 53.2 Å². The average Bonchev–Trinajstić information content (AvgIpc) is 3.60. The lowest BCUT2D eigenvalue weighted by molar-refractivity contribution is -0.155. The normalized spacial score (nSPS) is 34.7. The SMILES string of the molecule is C/C(=N/OCc1ccccc1F)[C@H]1O[C@@H](Oc2ccc(/C=C(\C)C(=O)N[C@@H]3[C@H](O)[C@@H](O)[C@H]4OCO[C@H]4[C@@H]3O)cc2N)[C@@](C)(O)[C@@H]1O. The Kier molecular flexibility index (Phi) is 9.95. The Morgan fingerprint density at radius 2 is 1.80 bits per heavy atom. The summed E-state index contributed by atoms with van der Waals surface area (Å²) in [5.41, 5.74) is 5.63. The second kappa shape index (κ2) is 13.6. The van der Waals surface area contributed by atoms with Crippen LogP contribution in [0.3, 0.4) is 0 Å². The number of carbonyl (C=O) groups is 1. The number of nitrogens with zero attached hydrogens (tertiary/aromatic N) is 1. The molecule has 0 bridgehead atoms. The van der Waals surface area contributed by atoms with E-state index in [1.165, 1.54) is 45.0 Å². The molecule has 2 aliphatic heterocycles. The maximum atomic E-state index is 13.8. The van der Waals surface area contributed by atoms with E-state index < -0.39 is 72.4 Å². The second-order valence-electron chi connectivity index (χ2n) is 11.8. The van der Waals surface area contributed by atoms with E-state index in [1.807, 2.05) is 0 Å². The van der Waals surface area contributed by atoms with Crippen LogP contribution in [-0.2, 0) is 30.4 Å². The summed E-state index contributed by atoms with van der Waals surface area (Å²) in [5, 5.41) is 59.7. The van der Waals surface area contributed by atoms with Gasteiger partial charge in [0.05, 0.1) is 17.4 Å². The summed E-state index contributed by atoms with van der Waals surface area (Å²) in [6.07, 6.45) is -8.40. The maximum absolute atomic E-state index is 13.8. The molecule has 2 aromatic rings. The first-order chi connectivity index (χ1) is 21.8. The first-order valence-electron chi connectivity index (χ1n) is 14.6. The van der Waals surface area contributed by atoms with Crippen molar-refractivity contribution in [3.63, 3.8) is 0 Å². The number of halogens is 1. The van der Waals surface area contributed by atoms with Crippen LogP contribution in [0.4, 0.5) is 10.1 Å². The summed E-state index contributed by atoms with van der Waals surface area (Å²) in [4.78, 5) is 18.1. The number of hydrogen-bond donors (Lipinski definition) is 7. The van der Waals surface area contributed by atoms with Gasteiger partial charge in [-0.1, -0.05) is 29.4 Å². The first-order valence-corrected chi connectivity index (χ1v) is 14.6. The summed E-state index contributed by atoms with van der Waals surface area (Å²) in [7, 11) is 0. The van der Waals surface area contributed by atoms with E-state index in [0.29, 0.717) is 11.1 Å². The van der Waals surface area contributed by atoms with Gasteiger partial charge in [-0.25, -0.2) is 4.39 Å². The average molecular weight is 648 g/mol. The first kappa shape index (κ1) is 33.7. The number of nitrogens with two attached hydrogens (primary N) is 1. The van der Waals surface area contributed by atoms with E-state index >= 15 is 0 Å². The summed E-state index contributed by atoms with van der Waals surface area (Å²) >= 11 is 0. The number of nitrogens with one attached hydrogen (secondary N) is 1. The highest BCUT2D eigenvalue weighted by Gasteiger charge is 2.55. The number of amides is 1. The number of carbonyl (C=O) groups excluding carboxylic acids is 1. The molecule has 2 heterocycles. The van der Waals surface area contributed by atoms with Crippen molar-refractivity contribution >= 4 is 23.4 Å². The fourth-order valence-corrected chi connectivity index (χ4v) is 5.55. The van der Waals surface area contributed by atoms with E-state index in [2.05, 4.69) is 10.5 Å². The van der Waals surface area contributed by atoms with Gasteiger partial charge in [-0.05, 0) is 50.6 Å². The zero-order valence-corrected chi connectivity index (χ0v) is 25.3. The van der Waals surface area contributed by atoms with Crippen LogP contribution in [0.25, 0.3) is 6.08 Å². The van der Waals surface area contributed by atoms with Crippen molar-refractivity contribution < 1.29 is 58.5 Å². The van der Waals surface area contributed by atoms with Crippen LogP contribution in [0.5, 0.6) is 5.75 Å². The van der Waals surface area contributed by atoms with Gasteiger partial charge in [0, 0.05) is 11.1 Å². The summed E-state index contributed by atoms with van der Waals surface area (Å²) in [6, 6.07) is 9.44. The van der Waals surface area contributed by atoms with Crippen LogP contribution in [0.2, 0.25) is 0 Å². The van der Waals surface area contributed by atoms with Gasteiger partial charge in [-0.3, -0.25) is 4.79 Å². The van der Waals surface area contributed by atoms with Crippen LogP contribution < -0.4 is 15.8 Å². The third-order valence-electron chi connectivity index (χ3n) is 8.34. The maximum Gasteiger partial charge on any atom is 0.247 e. The van der Waals surface area contributed by atoms with Crippen LogP contribution in [0.1, 0.15) is 31.9 Å². The fraction of sp³-hybridized carbons (Fsp3) is 0.484. The molecular formula is C31H38FN3O11. The Hall–Kier alpha value is -3.67. The molecule has 8 N–H and O–H groups in total. The molecule has 3 aliphatic rings. The van der Waals surface area contributed by atoms with Gasteiger partial charge in [-0.2, -0.15) is 0 Å². The summed E-state index contributed by atoms with van der Waals surface area (Å²) in [5.74, 6) is -0.940. The Labute approximate surface area is 263 Å². The minimum atomic E-state index is -1.88. The zero-order chi connectivity index (χ0) is 33.3. The minimum absolute atomic E-state index is 0.124. The molecule has 0 aromatic heterocycles. The Bertz CT molecular complexity index is 1490. The zero-order valence-electron chi connectivity index (χ0n) is 25.3. The third kappa shape index (κ3) is 6.72. The number of benzene rings is 2. The molecule has 0 unspecified atom stereocenters. The molecule has 1 aliphatic carbocycles. The molecule has 10 atom stereocenters. The lowest BCUT2D eigenvalue weighted by atomic mass is 9.83. The van der Waals surface area contributed by atoms with Gasteiger partial charge in [-0.15, -0.1) is 0 Å². The molecule has 250 valence electrons. The van der Waals surface area contributed by atoms with Crippen LogP contribution in [-0.4, -0.2) is 105 Å². The number of oxime groups is 1. The molecule has 5 rings (SSSR count). The molecule has 0 spiro atoms. The predicted molar refractivity (Wildman–Crippen MR) is 159 cm³/mol. The second-order valence-corrected chi connectivity index (χ2v) is 11.8. The molecule has 0 radical (unpaired) electrons. The highest BCUT2D eigenvalue weighted by atomic mass is 19.1. The lowest BCUT2D eigenvalue weighted by Crippen LogP contribution is -2.67. The number of hydrogen-bond acceptors (Lipinski definition) is 13. The molecule has 1 saturated carbocycles. The van der Waals surface area contributed by atoms with E-state index in [9.17, 15) is 34.7 Å². The molecule has 14 nitrogen and oxygen atoms in total. The molecular weight excluding hydrogens is 609 g/mol. The highest BCUT2D eigenvalue weighted by Crippen LogP contribution is 2.36. The van der Waals surface area contributed by atoms with Gasteiger partial charge in [0.25, 0.3) is 0 Å². The highest BCUT2D eigenvalue weighted by molar-refractivity contribution is 5.97. The smallest absolute Gasteiger partial charge is 0.247 e. The number of aliphatic hydroxyl groups is 5. The fourth-order valence-electron chi connectivity index (χ4n) is 5.55. The van der Waals surface area contributed by atoms with Gasteiger partial charge in [0.15, 0.2) is 5.60 Å². The minimum Gasteiger partial charge on any atom is -0.459 e. The third-order valence-corrected chi connectivity index (χ3v) is 8.34. The lowest BCUT2D eigenvalue weighted by Gasteiger charge is -2.41. The molecule has 15 heteroatoms. The molecule has 2 saturated heterocycles. The Morgan fingerprint density at radius 1 is 1.11 bits per heavy atom. The number of ether oxygens (including phenoxy) is 4. The van der Waals surface area contributed by atoms with E-state index in [4.69, 9.17) is 29.5 Å². The number of aliphatic hydroxyl groups excluding tert-OH is 4. The van der Waals surface area contributed by atoms with Crippen molar-refractivity contribution in [2.45, 2.75) is 88.0 Å². The topological polar surface area (TPSA) is 215 Å². The van der Waals surface area contributed by atoms with Crippen molar-refractivity contribution in [2.24, 2.45) is 5.16 Å². The number of rotatable bonds is 9. The molecule has 2 aromatic carbocycles. The summed E-state index contributed by atoms with van der Waals surface area (Å²) < 4.78 is 36.0. The Balaban J connectivity index is 1.21. The standard InChI is InChI=1S/C31H38FN3O11/c1-14(29(40)34-21-22(36)24(38)27-26(23(21)37)42-13-43-27)10-16-8-9-20(19(33)11-16)45-30-31(3,41)28(39)25(46-30)15(2)35-44-12-17-6-4-5-7-18(17)32/h4-11,21-28,30,36-39,41H,12-13,33H2,1-3H3,(H,34,40)/b14-10+,35-15-/t21-,22+,23-,24-,25-,26+,27-,28-,30-,31+/m1/s1. The number of fused-ring (bicyclic) bond motifs is 1. The van der Waals surface area contributed by atoms with Gasteiger partial charge in [0.2, 0.25) is 12.2 Å². The van der Waals surface area contributed by atoms with E-state index in [-0.39, 0.29) is 36.1 Å². The van der Waals surface area contributed by atoms with Crippen LogP contribution in [0, 0.1) is 5.82 Å². The van der Waals surface area contributed by atoms with E-state index in [0.717, 1.165) is 0 Å². The number of anilines is 1. The molecule has 3 fully saturated rings. The number of nitrogen functional groups attached to an aromatic ring is 1. The molecule has 46 heavy (non-hydrogen) atoms. The Morgan fingerprint density at radius 3 is 2.50 bits per heavy atom. The summed E-state index contributed by atoms with van der Waals surface area (Å²) in [6.45, 7) is 4.06. The van der Waals surface area contributed by atoms with Crippen molar-refractivity contribution in [1.29, 1.82) is 0 Å². The van der Waals surface area contributed by atoms with Crippen molar-refractivity contribution in [3.8, 4) is 5.75 Å². The monoisotopic (exact) mass is 647 g/mol. The van der Waals surface area contributed by atoms with Gasteiger partial charge in [0.1, 0.15) is 67.7 Å². The van der Waals surface area contributed by atoms with Gasteiger partial charge < -0.3 is 60.4 Å².